The molecule has 0 spiro atoms. The zero-order chi connectivity index (χ0) is 14.5. The van der Waals surface area contributed by atoms with Gasteiger partial charge >= 0.3 is 0 Å². The summed E-state index contributed by atoms with van der Waals surface area (Å²) in [6.07, 6.45) is 0. The number of anilines is 1. The summed E-state index contributed by atoms with van der Waals surface area (Å²) in [5, 5.41) is 3.19. The van der Waals surface area contributed by atoms with Gasteiger partial charge in [-0.1, -0.05) is 12.1 Å². The molecule has 0 aliphatic rings. The molecule has 0 bridgehead atoms. The fourth-order valence-electron chi connectivity index (χ4n) is 1.85. The van der Waals surface area contributed by atoms with Crippen molar-refractivity contribution in [2.75, 3.05) is 11.9 Å². The fourth-order valence-corrected chi connectivity index (χ4v) is 1.85. The van der Waals surface area contributed by atoms with Gasteiger partial charge in [-0.25, -0.2) is 9.37 Å². The third-order valence-electron chi connectivity index (χ3n) is 2.84. The lowest BCUT2D eigenvalue weighted by Crippen LogP contribution is -2.10. The van der Waals surface area contributed by atoms with E-state index < -0.39 is 0 Å². The minimum atomic E-state index is -0.244. The Kier molecular flexibility index (Phi) is 4.50. The molecule has 0 aliphatic heterocycles. The number of rotatable bonds is 5. The van der Waals surface area contributed by atoms with Gasteiger partial charge < -0.3 is 10.1 Å². The molecule has 4 nitrogen and oxygen atoms in total. The Morgan fingerprint density at radius 1 is 1.25 bits per heavy atom. The highest BCUT2D eigenvalue weighted by molar-refractivity contribution is 5.35. The third-order valence-corrected chi connectivity index (χ3v) is 2.84. The number of aryl methyl sites for hydroxylation is 1. The molecule has 0 fully saturated rings. The second-order valence-corrected chi connectivity index (χ2v) is 4.52. The predicted molar refractivity (Wildman–Crippen MR) is 76.4 cm³/mol. The Morgan fingerprint density at radius 3 is 2.60 bits per heavy atom. The van der Waals surface area contributed by atoms with E-state index in [0.29, 0.717) is 18.4 Å². The Bertz CT molecular complexity index is 572. The van der Waals surface area contributed by atoms with Gasteiger partial charge in [0.25, 0.3) is 0 Å². The van der Waals surface area contributed by atoms with E-state index in [2.05, 4.69) is 15.3 Å². The van der Waals surface area contributed by atoms with Gasteiger partial charge in [-0.05, 0) is 38.5 Å². The molecule has 0 saturated carbocycles. The zero-order valence-electron chi connectivity index (χ0n) is 11.9. The van der Waals surface area contributed by atoms with E-state index in [4.69, 9.17) is 4.74 Å². The molecule has 2 rings (SSSR count). The van der Waals surface area contributed by atoms with Gasteiger partial charge in [0.15, 0.2) is 0 Å². The second kappa shape index (κ2) is 6.32. The first kappa shape index (κ1) is 14.2. The molecule has 1 atom stereocenters. The molecule has 1 aromatic carbocycles. The van der Waals surface area contributed by atoms with E-state index in [1.807, 2.05) is 20.8 Å². The van der Waals surface area contributed by atoms with Crippen molar-refractivity contribution in [2.45, 2.75) is 26.8 Å². The van der Waals surface area contributed by atoms with Crippen LogP contribution in [-0.2, 0) is 0 Å². The molecule has 106 valence electrons. The van der Waals surface area contributed by atoms with Crippen LogP contribution < -0.4 is 10.1 Å². The SMILES string of the molecule is CCOc1cc(C)nc(NC(C)c2ccc(F)cc2)n1. The molecule has 5 heteroatoms. The number of halogens is 1. The van der Waals surface area contributed by atoms with E-state index in [9.17, 15) is 4.39 Å². The Labute approximate surface area is 118 Å². The van der Waals surface area contributed by atoms with Crippen LogP contribution >= 0.6 is 0 Å². The first-order chi connectivity index (χ1) is 9.58. The maximum absolute atomic E-state index is 12.9. The molecule has 2 aromatic rings. The summed E-state index contributed by atoms with van der Waals surface area (Å²) in [5.74, 6) is 0.811. The number of ether oxygens (including phenoxy) is 1. The van der Waals surface area contributed by atoms with Crippen molar-refractivity contribution in [2.24, 2.45) is 0 Å². The van der Waals surface area contributed by atoms with Crippen molar-refractivity contribution in [3.63, 3.8) is 0 Å². The number of nitrogens with zero attached hydrogens (tertiary/aromatic N) is 2. The summed E-state index contributed by atoms with van der Waals surface area (Å²) in [7, 11) is 0. The molecule has 1 heterocycles. The van der Waals surface area contributed by atoms with E-state index in [-0.39, 0.29) is 11.9 Å². The van der Waals surface area contributed by atoms with Crippen LogP contribution in [0, 0.1) is 12.7 Å². The third kappa shape index (κ3) is 3.66. The highest BCUT2D eigenvalue weighted by Crippen LogP contribution is 2.19. The van der Waals surface area contributed by atoms with Crippen molar-refractivity contribution in [3.05, 3.63) is 47.4 Å². The van der Waals surface area contributed by atoms with E-state index in [1.165, 1.54) is 12.1 Å². The van der Waals surface area contributed by atoms with Crippen molar-refractivity contribution in [3.8, 4) is 5.88 Å². The van der Waals surface area contributed by atoms with Gasteiger partial charge in [-0.3, -0.25) is 0 Å². The smallest absolute Gasteiger partial charge is 0.226 e. The standard InChI is InChI=1S/C15H18FN3O/c1-4-20-14-9-10(2)17-15(19-14)18-11(3)12-5-7-13(16)8-6-12/h5-9,11H,4H2,1-3H3,(H,17,18,19). The van der Waals surface area contributed by atoms with E-state index in [0.717, 1.165) is 11.3 Å². The lowest BCUT2D eigenvalue weighted by molar-refractivity contribution is 0.326. The molecule has 20 heavy (non-hydrogen) atoms. The number of hydrogen-bond donors (Lipinski definition) is 1. The van der Waals surface area contributed by atoms with Gasteiger partial charge in [0, 0.05) is 11.8 Å². The Morgan fingerprint density at radius 2 is 1.95 bits per heavy atom. The molecular weight excluding hydrogens is 257 g/mol. The highest BCUT2D eigenvalue weighted by Gasteiger charge is 2.09. The minimum absolute atomic E-state index is 0.0214. The van der Waals surface area contributed by atoms with Crippen molar-refractivity contribution >= 4 is 5.95 Å². The summed E-state index contributed by atoms with van der Waals surface area (Å²) in [5.41, 5.74) is 1.80. The Balaban J connectivity index is 2.14. The van der Waals surface area contributed by atoms with Crippen LogP contribution in [0.1, 0.15) is 31.1 Å². The topological polar surface area (TPSA) is 47.0 Å². The fraction of sp³-hybridized carbons (Fsp3) is 0.333. The second-order valence-electron chi connectivity index (χ2n) is 4.52. The monoisotopic (exact) mass is 275 g/mol. The van der Waals surface area contributed by atoms with Gasteiger partial charge in [-0.15, -0.1) is 0 Å². The van der Waals surface area contributed by atoms with Gasteiger partial charge in [0.2, 0.25) is 11.8 Å². The van der Waals surface area contributed by atoms with Crippen LogP contribution in [0.5, 0.6) is 5.88 Å². The molecule has 1 N–H and O–H groups in total. The van der Waals surface area contributed by atoms with Gasteiger partial charge in [0.05, 0.1) is 12.6 Å². The Hall–Kier alpha value is -2.17. The quantitative estimate of drug-likeness (QED) is 0.907. The van der Waals surface area contributed by atoms with Crippen molar-refractivity contribution < 1.29 is 9.13 Å². The van der Waals surface area contributed by atoms with Crippen LogP contribution in [0.2, 0.25) is 0 Å². The molecule has 0 aliphatic carbocycles. The molecule has 0 amide bonds. The normalized spacial score (nSPS) is 12.0. The number of aromatic nitrogens is 2. The van der Waals surface area contributed by atoms with Crippen molar-refractivity contribution in [1.82, 2.24) is 9.97 Å². The highest BCUT2D eigenvalue weighted by atomic mass is 19.1. The first-order valence-electron chi connectivity index (χ1n) is 6.59. The van der Waals surface area contributed by atoms with Crippen LogP contribution in [0.15, 0.2) is 30.3 Å². The molecule has 0 saturated heterocycles. The summed E-state index contributed by atoms with van der Waals surface area (Å²) in [6, 6.07) is 8.13. The first-order valence-corrected chi connectivity index (χ1v) is 6.59. The summed E-state index contributed by atoms with van der Waals surface area (Å²) >= 11 is 0. The van der Waals surface area contributed by atoms with Crippen LogP contribution in [0.3, 0.4) is 0 Å². The average Bonchev–Trinajstić information content (AvgIpc) is 2.39. The number of benzene rings is 1. The molecule has 1 aromatic heterocycles. The number of nitrogens with one attached hydrogen (secondary N) is 1. The van der Waals surface area contributed by atoms with Crippen LogP contribution in [-0.4, -0.2) is 16.6 Å². The number of hydrogen-bond acceptors (Lipinski definition) is 4. The van der Waals surface area contributed by atoms with Gasteiger partial charge in [-0.2, -0.15) is 4.98 Å². The van der Waals surface area contributed by atoms with Crippen LogP contribution in [0.4, 0.5) is 10.3 Å². The van der Waals surface area contributed by atoms with Crippen molar-refractivity contribution in [1.29, 1.82) is 0 Å². The minimum Gasteiger partial charge on any atom is -0.478 e. The average molecular weight is 275 g/mol. The maximum atomic E-state index is 12.9. The molecular formula is C15H18FN3O. The summed E-state index contributed by atoms with van der Waals surface area (Å²) < 4.78 is 18.3. The van der Waals surface area contributed by atoms with Crippen LogP contribution in [0.25, 0.3) is 0 Å². The van der Waals surface area contributed by atoms with Gasteiger partial charge in [0.1, 0.15) is 5.82 Å². The van der Waals surface area contributed by atoms with E-state index in [1.54, 1.807) is 18.2 Å². The maximum Gasteiger partial charge on any atom is 0.226 e. The summed E-state index contributed by atoms with van der Waals surface area (Å²) in [4.78, 5) is 8.61. The lowest BCUT2D eigenvalue weighted by Gasteiger charge is -2.15. The zero-order valence-corrected chi connectivity index (χ0v) is 11.9. The summed E-state index contributed by atoms with van der Waals surface area (Å²) in [6.45, 7) is 6.33. The lowest BCUT2D eigenvalue weighted by atomic mass is 10.1. The molecule has 0 radical (unpaired) electrons. The predicted octanol–water partition coefficient (Wildman–Crippen LogP) is 3.50. The van der Waals surface area contributed by atoms with E-state index >= 15 is 0 Å². The molecule has 1 unspecified atom stereocenters. The largest absolute Gasteiger partial charge is 0.478 e.